The lowest BCUT2D eigenvalue weighted by molar-refractivity contribution is -0.122. The Balaban J connectivity index is 1.64. The fraction of sp³-hybridized carbons (Fsp3) is 0.412. The first-order chi connectivity index (χ1) is 11.1. The Hall–Kier alpha value is -2.50. The summed E-state index contributed by atoms with van der Waals surface area (Å²) in [6.07, 6.45) is 2.57. The lowest BCUT2D eigenvalue weighted by Crippen LogP contribution is -2.25. The van der Waals surface area contributed by atoms with E-state index in [2.05, 4.69) is 15.5 Å². The van der Waals surface area contributed by atoms with Crippen molar-refractivity contribution >= 4 is 5.91 Å². The number of hydrogen-bond acceptors (Lipinski definition) is 4. The Bertz CT molecular complexity index is 711. The third-order valence-electron chi connectivity index (χ3n) is 4.35. The van der Waals surface area contributed by atoms with E-state index in [9.17, 15) is 4.79 Å². The van der Waals surface area contributed by atoms with Crippen LogP contribution in [-0.4, -0.2) is 30.3 Å². The van der Waals surface area contributed by atoms with E-state index in [1.54, 1.807) is 20.4 Å². The van der Waals surface area contributed by atoms with Gasteiger partial charge in [-0.05, 0) is 31.5 Å². The molecule has 1 aliphatic carbocycles. The Labute approximate surface area is 135 Å². The van der Waals surface area contributed by atoms with Crippen molar-refractivity contribution in [3.05, 3.63) is 41.2 Å². The smallest absolute Gasteiger partial charge is 0.224 e. The first-order valence-electron chi connectivity index (χ1n) is 7.62. The zero-order valence-corrected chi connectivity index (χ0v) is 13.6. The number of carbonyl (C=O) groups is 1. The molecule has 2 atom stereocenters. The van der Waals surface area contributed by atoms with E-state index in [1.807, 2.05) is 25.1 Å². The van der Waals surface area contributed by atoms with Crippen LogP contribution in [-0.2, 0) is 11.3 Å². The number of aromatic amines is 1. The largest absolute Gasteiger partial charge is 0.497 e. The number of nitrogens with one attached hydrogen (secondary N) is 2. The Morgan fingerprint density at radius 2 is 2.22 bits per heavy atom. The van der Waals surface area contributed by atoms with Crippen LogP contribution in [0.15, 0.2) is 24.4 Å². The minimum absolute atomic E-state index is 0.0109. The zero-order chi connectivity index (χ0) is 16.4. The summed E-state index contributed by atoms with van der Waals surface area (Å²) in [6.45, 7) is 2.44. The van der Waals surface area contributed by atoms with Crippen LogP contribution in [0.4, 0.5) is 0 Å². The third kappa shape index (κ3) is 3.16. The summed E-state index contributed by atoms with van der Waals surface area (Å²) < 4.78 is 10.7. The van der Waals surface area contributed by atoms with Crippen LogP contribution < -0.4 is 14.8 Å². The minimum Gasteiger partial charge on any atom is -0.497 e. The van der Waals surface area contributed by atoms with E-state index < -0.39 is 0 Å². The van der Waals surface area contributed by atoms with Crippen molar-refractivity contribution in [2.75, 3.05) is 14.2 Å². The quantitative estimate of drug-likeness (QED) is 0.856. The van der Waals surface area contributed by atoms with Gasteiger partial charge >= 0.3 is 0 Å². The second kappa shape index (κ2) is 6.32. The molecule has 1 fully saturated rings. The van der Waals surface area contributed by atoms with Gasteiger partial charge in [-0.2, -0.15) is 5.10 Å². The Morgan fingerprint density at radius 1 is 1.39 bits per heavy atom. The Morgan fingerprint density at radius 3 is 2.87 bits per heavy atom. The van der Waals surface area contributed by atoms with Gasteiger partial charge in [0.1, 0.15) is 11.5 Å². The molecule has 0 radical (unpaired) electrons. The predicted molar refractivity (Wildman–Crippen MR) is 85.6 cm³/mol. The summed E-state index contributed by atoms with van der Waals surface area (Å²) in [5.74, 6) is 1.83. The van der Waals surface area contributed by atoms with Crippen molar-refractivity contribution in [1.82, 2.24) is 15.5 Å². The zero-order valence-electron chi connectivity index (χ0n) is 13.6. The molecule has 0 unspecified atom stereocenters. The molecular formula is C17H21N3O3. The molecule has 1 heterocycles. The molecule has 3 rings (SSSR count). The van der Waals surface area contributed by atoms with Crippen LogP contribution in [0.25, 0.3) is 0 Å². The summed E-state index contributed by atoms with van der Waals surface area (Å²) in [6, 6.07) is 5.70. The Kier molecular flexibility index (Phi) is 4.23. The van der Waals surface area contributed by atoms with Crippen LogP contribution in [0.5, 0.6) is 11.5 Å². The van der Waals surface area contributed by atoms with Crippen molar-refractivity contribution in [2.45, 2.75) is 25.8 Å². The van der Waals surface area contributed by atoms with E-state index in [0.29, 0.717) is 6.54 Å². The molecule has 2 N–H and O–H groups in total. The number of aryl methyl sites for hydroxylation is 1. The van der Waals surface area contributed by atoms with Crippen LogP contribution in [0.1, 0.15) is 29.2 Å². The van der Waals surface area contributed by atoms with Gasteiger partial charge in [0, 0.05) is 35.2 Å². The average molecular weight is 315 g/mol. The molecule has 1 aliphatic rings. The van der Waals surface area contributed by atoms with Gasteiger partial charge in [0.2, 0.25) is 5.91 Å². The second-order valence-electron chi connectivity index (χ2n) is 5.79. The molecule has 0 saturated heterocycles. The van der Waals surface area contributed by atoms with Gasteiger partial charge < -0.3 is 14.8 Å². The lowest BCUT2D eigenvalue weighted by Gasteiger charge is -2.10. The monoisotopic (exact) mass is 315 g/mol. The molecule has 6 heteroatoms. The molecular weight excluding hydrogens is 294 g/mol. The SMILES string of the molecule is COc1ccc(OC)c([C@@H]2C[C@@H]2C(=O)NCc2cn[nH]c2C)c1. The number of ether oxygens (including phenoxy) is 2. The third-order valence-corrected chi connectivity index (χ3v) is 4.35. The number of H-pyrrole nitrogens is 1. The maximum atomic E-state index is 12.3. The number of benzene rings is 1. The predicted octanol–water partition coefficient (Wildman–Crippen LogP) is 2.16. The number of nitrogens with zero attached hydrogens (tertiary/aromatic N) is 1. The summed E-state index contributed by atoms with van der Waals surface area (Å²) in [7, 11) is 3.28. The highest BCUT2D eigenvalue weighted by Gasteiger charge is 2.45. The van der Waals surface area contributed by atoms with Crippen molar-refractivity contribution in [2.24, 2.45) is 5.92 Å². The summed E-state index contributed by atoms with van der Waals surface area (Å²) >= 11 is 0. The van der Waals surface area contributed by atoms with E-state index in [-0.39, 0.29) is 17.7 Å². The molecule has 122 valence electrons. The number of amides is 1. The molecule has 1 aromatic heterocycles. The van der Waals surface area contributed by atoms with Gasteiger partial charge in [-0.3, -0.25) is 9.89 Å². The van der Waals surface area contributed by atoms with Crippen LogP contribution in [0, 0.1) is 12.8 Å². The van der Waals surface area contributed by atoms with Gasteiger partial charge in [0.25, 0.3) is 0 Å². The lowest BCUT2D eigenvalue weighted by atomic mass is 10.1. The number of aromatic nitrogens is 2. The van der Waals surface area contributed by atoms with Crippen LogP contribution >= 0.6 is 0 Å². The van der Waals surface area contributed by atoms with E-state index in [4.69, 9.17) is 9.47 Å². The molecule has 1 amide bonds. The van der Waals surface area contributed by atoms with E-state index >= 15 is 0 Å². The molecule has 0 aliphatic heterocycles. The van der Waals surface area contributed by atoms with Crippen molar-refractivity contribution in [3.8, 4) is 11.5 Å². The van der Waals surface area contributed by atoms with Gasteiger partial charge in [-0.25, -0.2) is 0 Å². The summed E-state index contributed by atoms with van der Waals surface area (Å²) in [5.41, 5.74) is 3.02. The van der Waals surface area contributed by atoms with Gasteiger partial charge in [-0.1, -0.05) is 0 Å². The number of carbonyl (C=O) groups excluding carboxylic acids is 1. The molecule has 1 saturated carbocycles. The average Bonchev–Trinajstić information content (AvgIpc) is 3.27. The normalized spacial score (nSPS) is 19.3. The first kappa shape index (κ1) is 15.4. The van der Waals surface area contributed by atoms with Crippen molar-refractivity contribution < 1.29 is 14.3 Å². The van der Waals surface area contributed by atoms with E-state index in [0.717, 1.165) is 34.7 Å². The molecule has 6 nitrogen and oxygen atoms in total. The maximum Gasteiger partial charge on any atom is 0.224 e. The van der Waals surface area contributed by atoms with Gasteiger partial charge in [-0.15, -0.1) is 0 Å². The first-order valence-corrected chi connectivity index (χ1v) is 7.62. The molecule has 2 aromatic rings. The highest BCUT2D eigenvalue weighted by Crippen LogP contribution is 2.51. The summed E-state index contributed by atoms with van der Waals surface area (Å²) in [5, 5.41) is 9.81. The minimum atomic E-state index is -0.0109. The fourth-order valence-electron chi connectivity index (χ4n) is 2.82. The van der Waals surface area contributed by atoms with Crippen LogP contribution in [0.3, 0.4) is 0 Å². The number of rotatable bonds is 6. The molecule has 1 aromatic carbocycles. The molecule has 0 bridgehead atoms. The van der Waals surface area contributed by atoms with Crippen molar-refractivity contribution in [3.63, 3.8) is 0 Å². The standard InChI is InChI=1S/C17H21N3O3/c1-10-11(9-19-20-10)8-18-17(21)15-7-13(15)14-6-12(22-2)4-5-16(14)23-3/h4-6,9,13,15H,7-8H2,1-3H3,(H,18,21)(H,19,20)/t13-,15-/m0/s1. The number of methoxy groups -OCH3 is 2. The molecule has 23 heavy (non-hydrogen) atoms. The van der Waals surface area contributed by atoms with E-state index in [1.165, 1.54) is 0 Å². The molecule has 0 spiro atoms. The highest BCUT2D eigenvalue weighted by molar-refractivity contribution is 5.83. The number of hydrogen-bond donors (Lipinski definition) is 2. The van der Waals surface area contributed by atoms with Crippen molar-refractivity contribution in [1.29, 1.82) is 0 Å². The van der Waals surface area contributed by atoms with Crippen LogP contribution in [0.2, 0.25) is 0 Å². The highest BCUT2D eigenvalue weighted by atomic mass is 16.5. The summed E-state index contributed by atoms with van der Waals surface area (Å²) in [4.78, 5) is 12.3. The van der Waals surface area contributed by atoms with Gasteiger partial charge in [0.05, 0.1) is 20.4 Å². The maximum absolute atomic E-state index is 12.3. The fourth-order valence-corrected chi connectivity index (χ4v) is 2.82. The second-order valence-corrected chi connectivity index (χ2v) is 5.79. The van der Waals surface area contributed by atoms with Gasteiger partial charge in [0.15, 0.2) is 0 Å². The topological polar surface area (TPSA) is 76.2 Å².